The van der Waals surface area contributed by atoms with Gasteiger partial charge in [0.2, 0.25) is 0 Å². The molecule has 0 aromatic heterocycles. The van der Waals surface area contributed by atoms with Crippen molar-refractivity contribution in [1.82, 2.24) is 0 Å². The van der Waals surface area contributed by atoms with Crippen molar-refractivity contribution in [3.63, 3.8) is 0 Å². The first-order valence-electron chi connectivity index (χ1n) is 6.04. The molecular weight excluding hydrogens is 242 g/mol. The fraction of sp³-hybridized carbons (Fsp3) is 0.133. The molecule has 19 heavy (non-hydrogen) atoms. The van der Waals surface area contributed by atoms with Gasteiger partial charge in [-0.25, -0.2) is 4.79 Å². The van der Waals surface area contributed by atoms with Gasteiger partial charge in [-0.05, 0) is 48.4 Å². The van der Waals surface area contributed by atoms with Gasteiger partial charge in [0.05, 0.1) is 0 Å². The highest BCUT2D eigenvalue weighted by atomic mass is 16.6. The molecule has 2 aromatic rings. The molecule has 1 amide bonds. The van der Waals surface area contributed by atoms with E-state index >= 15 is 0 Å². The standard InChI is InChI=1S/C15H15NO3/c1-2-11-3-5-12(6-4-11)16-15(18)19-14-9-7-13(17)8-10-14/h3-10,17H,2H2,1H3,(H,16,18). The second kappa shape index (κ2) is 5.91. The predicted molar refractivity (Wildman–Crippen MR) is 73.6 cm³/mol. The lowest BCUT2D eigenvalue weighted by Gasteiger charge is -2.07. The molecule has 0 saturated heterocycles. The second-order valence-corrected chi connectivity index (χ2v) is 4.06. The molecule has 0 spiro atoms. The Morgan fingerprint density at radius 3 is 2.32 bits per heavy atom. The summed E-state index contributed by atoms with van der Waals surface area (Å²) in [6.45, 7) is 2.07. The normalized spacial score (nSPS) is 9.95. The minimum Gasteiger partial charge on any atom is -0.508 e. The van der Waals surface area contributed by atoms with E-state index in [0.29, 0.717) is 11.4 Å². The number of anilines is 1. The van der Waals surface area contributed by atoms with Gasteiger partial charge in [0, 0.05) is 5.69 Å². The lowest BCUT2D eigenvalue weighted by atomic mass is 10.1. The van der Waals surface area contributed by atoms with E-state index in [9.17, 15) is 4.79 Å². The fourth-order valence-corrected chi connectivity index (χ4v) is 1.59. The highest BCUT2D eigenvalue weighted by molar-refractivity contribution is 5.86. The Morgan fingerprint density at radius 1 is 1.11 bits per heavy atom. The van der Waals surface area contributed by atoms with Crippen molar-refractivity contribution in [3.8, 4) is 11.5 Å². The Bertz CT molecular complexity index is 547. The summed E-state index contributed by atoms with van der Waals surface area (Å²) < 4.78 is 5.07. The number of phenols is 1. The van der Waals surface area contributed by atoms with Gasteiger partial charge in [-0.3, -0.25) is 5.32 Å². The third kappa shape index (κ3) is 3.74. The number of hydrogen-bond acceptors (Lipinski definition) is 3. The minimum atomic E-state index is -0.560. The van der Waals surface area contributed by atoms with Crippen LogP contribution in [0.15, 0.2) is 48.5 Å². The molecule has 0 aliphatic rings. The van der Waals surface area contributed by atoms with E-state index in [1.54, 1.807) is 0 Å². The van der Waals surface area contributed by atoms with Gasteiger partial charge in [-0.15, -0.1) is 0 Å². The zero-order chi connectivity index (χ0) is 13.7. The van der Waals surface area contributed by atoms with Crippen molar-refractivity contribution < 1.29 is 14.6 Å². The molecule has 0 radical (unpaired) electrons. The fourth-order valence-electron chi connectivity index (χ4n) is 1.59. The number of carbonyl (C=O) groups excluding carboxylic acids is 1. The summed E-state index contributed by atoms with van der Waals surface area (Å²) in [4.78, 5) is 11.6. The van der Waals surface area contributed by atoms with Crippen LogP contribution in [0, 0.1) is 0 Å². The van der Waals surface area contributed by atoms with Crippen LogP contribution in [0.3, 0.4) is 0 Å². The first-order chi connectivity index (χ1) is 9.17. The summed E-state index contributed by atoms with van der Waals surface area (Å²) >= 11 is 0. The molecule has 0 fully saturated rings. The molecule has 0 atom stereocenters. The molecule has 0 aliphatic carbocycles. The first kappa shape index (κ1) is 13.0. The van der Waals surface area contributed by atoms with E-state index < -0.39 is 6.09 Å². The number of amides is 1. The molecule has 98 valence electrons. The maximum atomic E-state index is 11.6. The number of rotatable bonds is 3. The number of phenolic OH excluding ortho intramolecular Hbond substituents is 1. The van der Waals surface area contributed by atoms with E-state index in [0.717, 1.165) is 6.42 Å². The third-order valence-corrected chi connectivity index (χ3v) is 2.66. The average Bonchev–Trinajstić information content (AvgIpc) is 2.42. The van der Waals surface area contributed by atoms with Crippen molar-refractivity contribution in [2.75, 3.05) is 5.32 Å². The smallest absolute Gasteiger partial charge is 0.417 e. The number of aromatic hydroxyl groups is 1. The Kier molecular flexibility index (Phi) is 4.03. The maximum Gasteiger partial charge on any atom is 0.417 e. The largest absolute Gasteiger partial charge is 0.508 e. The number of nitrogens with one attached hydrogen (secondary N) is 1. The Balaban J connectivity index is 1.95. The first-order valence-corrected chi connectivity index (χ1v) is 6.04. The van der Waals surface area contributed by atoms with Gasteiger partial charge in [-0.1, -0.05) is 19.1 Å². The summed E-state index contributed by atoms with van der Waals surface area (Å²) in [7, 11) is 0. The maximum absolute atomic E-state index is 11.6. The molecular formula is C15H15NO3. The summed E-state index contributed by atoms with van der Waals surface area (Å²) in [5, 5.41) is 11.8. The van der Waals surface area contributed by atoms with Crippen LogP contribution in [0.1, 0.15) is 12.5 Å². The van der Waals surface area contributed by atoms with Crippen LogP contribution in [0.4, 0.5) is 10.5 Å². The zero-order valence-electron chi connectivity index (χ0n) is 10.6. The zero-order valence-corrected chi connectivity index (χ0v) is 10.6. The van der Waals surface area contributed by atoms with Gasteiger partial charge in [0.25, 0.3) is 0 Å². The molecule has 0 aliphatic heterocycles. The van der Waals surface area contributed by atoms with Crippen LogP contribution >= 0.6 is 0 Å². The van der Waals surface area contributed by atoms with Crippen LogP contribution in [-0.4, -0.2) is 11.2 Å². The summed E-state index contributed by atoms with van der Waals surface area (Å²) in [6, 6.07) is 13.5. The van der Waals surface area contributed by atoms with E-state index in [2.05, 4.69) is 12.2 Å². The lowest BCUT2D eigenvalue weighted by molar-refractivity contribution is 0.215. The molecule has 4 heteroatoms. The monoisotopic (exact) mass is 257 g/mol. The van der Waals surface area contributed by atoms with Gasteiger partial charge >= 0.3 is 6.09 Å². The van der Waals surface area contributed by atoms with Crippen LogP contribution in [0.2, 0.25) is 0 Å². The van der Waals surface area contributed by atoms with Gasteiger partial charge < -0.3 is 9.84 Å². The van der Waals surface area contributed by atoms with Crippen LogP contribution in [0.5, 0.6) is 11.5 Å². The number of aryl methyl sites for hydroxylation is 1. The molecule has 0 unspecified atom stereocenters. The molecule has 2 aromatic carbocycles. The van der Waals surface area contributed by atoms with Crippen LogP contribution < -0.4 is 10.1 Å². The second-order valence-electron chi connectivity index (χ2n) is 4.06. The van der Waals surface area contributed by atoms with Crippen molar-refractivity contribution in [3.05, 3.63) is 54.1 Å². The van der Waals surface area contributed by atoms with Gasteiger partial charge in [0.15, 0.2) is 0 Å². The van der Waals surface area contributed by atoms with Crippen LogP contribution in [0.25, 0.3) is 0 Å². The Labute approximate surface area is 111 Å². The van der Waals surface area contributed by atoms with Crippen LogP contribution in [-0.2, 0) is 6.42 Å². The summed E-state index contributed by atoms with van der Waals surface area (Å²) in [6.07, 6.45) is 0.396. The van der Waals surface area contributed by atoms with Gasteiger partial charge in [-0.2, -0.15) is 0 Å². The Hall–Kier alpha value is -2.49. The average molecular weight is 257 g/mol. The third-order valence-electron chi connectivity index (χ3n) is 2.66. The SMILES string of the molecule is CCc1ccc(NC(=O)Oc2ccc(O)cc2)cc1. The highest BCUT2D eigenvalue weighted by Crippen LogP contribution is 2.17. The van der Waals surface area contributed by atoms with E-state index in [4.69, 9.17) is 9.84 Å². The summed E-state index contributed by atoms with van der Waals surface area (Å²) in [5.41, 5.74) is 1.89. The van der Waals surface area contributed by atoms with Crippen molar-refractivity contribution in [2.45, 2.75) is 13.3 Å². The predicted octanol–water partition coefficient (Wildman–Crippen LogP) is 3.57. The molecule has 0 saturated carbocycles. The number of hydrogen-bond donors (Lipinski definition) is 2. The minimum absolute atomic E-state index is 0.128. The Morgan fingerprint density at radius 2 is 1.74 bits per heavy atom. The van der Waals surface area contributed by atoms with E-state index in [1.807, 2.05) is 24.3 Å². The topological polar surface area (TPSA) is 58.6 Å². The van der Waals surface area contributed by atoms with E-state index in [-0.39, 0.29) is 5.75 Å². The lowest BCUT2D eigenvalue weighted by Crippen LogP contribution is -2.16. The van der Waals surface area contributed by atoms with Crippen molar-refractivity contribution >= 4 is 11.8 Å². The molecule has 0 bridgehead atoms. The number of carbonyl (C=O) groups is 1. The van der Waals surface area contributed by atoms with Crippen molar-refractivity contribution in [1.29, 1.82) is 0 Å². The number of benzene rings is 2. The molecule has 2 rings (SSSR count). The highest BCUT2D eigenvalue weighted by Gasteiger charge is 2.05. The van der Waals surface area contributed by atoms with Crippen molar-refractivity contribution in [2.24, 2.45) is 0 Å². The van der Waals surface area contributed by atoms with E-state index in [1.165, 1.54) is 29.8 Å². The van der Waals surface area contributed by atoms with Gasteiger partial charge in [0.1, 0.15) is 11.5 Å². The summed E-state index contributed by atoms with van der Waals surface area (Å²) in [5.74, 6) is 0.503. The quantitative estimate of drug-likeness (QED) is 0.883. The molecule has 4 nitrogen and oxygen atoms in total. The molecule has 2 N–H and O–H groups in total. The number of ether oxygens (including phenoxy) is 1. The molecule has 0 heterocycles.